The van der Waals surface area contributed by atoms with E-state index in [9.17, 15) is 23.7 Å². The van der Waals surface area contributed by atoms with Crippen LogP contribution in [-0.2, 0) is 14.6 Å². The molecule has 4 unspecified atom stereocenters. The van der Waals surface area contributed by atoms with E-state index >= 15 is 0 Å². The zero-order valence-electron chi connectivity index (χ0n) is 21.5. The predicted molar refractivity (Wildman–Crippen MR) is 129 cm³/mol. The van der Waals surface area contributed by atoms with Crippen LogP contribution in [0, 0.1) is 52.3 Å². The van der Waals surface area contributed by atoms with Gasteiger partial charge in [0.2, 0.25) is 0 Å². The Morgan fingerprint density at radius 1 is 1.03 bits per heavy atom. The molecule has 0 bridgehead atoms. The number of hydrogen-bond acceptors (Lipinski definition) is 6. The first kappa shape index (κ1) is 26.8. The molecule has 0 aliphatic heterocycles. The van der Waals surface area contributed by atoms with Crippen LogP contribution in [0.2, 0.25) is 0 Å². The Bertz CT molecular complexity index is 859. The van der Waals surface area contributed by atoms with Gasteiger partial charge < -0.3 is 15.3 Å². The van der Waals surface area contributed by atoms with Crippen LogP contribution >= 0.6 is 0 Å². The topological polar surface area (TPSA) is 124 Å². The zero-order chi connectivity index (χ0) is 25.3. The Morgan fingerprint density at radius 3 is 2.26 bits per heavy atom. The highest BCUT2D eigenvalue weighted by atomic mass is 32.3. The van der Waals surface area contributed by atoms with Gasteiger partial charge in [0.25, 0.3) is 0 Å². The van der Waals surface area contributed by atoms with Crippen molar-refractivity contribution in [1.82, 2.24) is 0 Å². The molecule has 0 radical (unpaired) electrons. The summed E-state index contributed by atoms with van der Waals surface area (Å²) in [6, 6.07) is 0. The van der Waals surface area contributed by atoms with E-state index in [1.807, 2.05) is 6.92 Å². The van der Waals surface area contributed by atoms with Gasteiger partial charge in [0.1, 0.15) is 0 Å². The van der Waals surface area contributed by atoms with Gasteiger partial charge in [-0.3, -0.25) is 4.55 Å². The van der Waals surface area contributed by atoms with Crippen molar-refractivity contribution >= 4 is 10.4 Å². The van der Waals surface area contributed by atoms with Gasteiger partial charge in [-0.15, -0.1) is 0 Å². The summed E-state index contributed by atoms with van der Waals surface area (Å²) in [5, 5.41) is 32.7. The van der Waals surface area contributed by atoms with Gasteiger partial charge in [-0.05, 0) is 104 Å². The SMILES string of the molecule is CC[C@H]1C(O)C2C3CC[C@H]([C@H](C)C[C@@](C)(O)OS(=O)(=O)O)[C@@]3(C)CCC2[C@@]2(C)CC[C@@H](O)C[C@@H]12. The van der Waals surface area contributed by atoms with Crippen LogP contribution in [0.5, 0.6) is 0 Å². The van der Waals surface area contributed by atoms with Crippen molar-refractivity contribution < 1.29 is 32.5 Å². The summed E-state index contributed by atoms with van der Waals surface area (Å²) < 4.78 is 36.0. The van der Waals surface area contributed by atoms with E-state index in [1.54, 1.807) is 0 Å². The summed E-state index contributed by atoms with van der Waals surface area (Å²) in [6.07, 6.45) is 7.26. The smallest absolute Gasteiger partial charge is 0.393 e. The lowest BCUT2D eigenvalue weighted by Gasteiger charge is -2.64. The molecule has 34 heavy (non-hydrogen) atoms. The highest BCUT2D eigenvalue weighted by Gasteiger charge is 2.65. The molecule has 12 atom stereocenters. The normalized spacial score (nSPS) is 49.4. The molecule has 4 aliphatic carbocycles. The first-order valence-corrected chi connectivity index (χ1v) is 14.8. The third kappa shape index (κ3) is 4.49. The minimum Gasteiger partial charge on any atom is -0.393 e. The van der Waals surface area contributed by atoms with Crippen LogP contribution in [0.15, 0.2) is 0 Å². The summed E-state index contributed by atoms with van der Waals surface area (Å²) in [6.45, 7) is 10.3. The number of fused-ring (bicyclic) bond motifs is 5. The van der Waals surface area contributed by atoms with Crippen LogP contribution < -0.4 is 0 Å². The van der Waals surface area contributed by atoms with Crippen molar-refractivity contribution in [3.63, 3.8) is 0 Å². The third-order valence-corrected chi connectivity index (χ3v) is 11.7. The first-order valence-electron chi connectivity index (χ1n) is 13.4. The first-order chi connectivity index (χ1) is 15.6. The molecule has 8 heteroatoms. The second-order valence-electron chi connectivity index (χ2n) is 13.0. The fourth-order valence-corrected chi connectivity index (χ4v) is 10.5. The Balaban J connectivity index is 1.59. The van der Waals surface area contributed by atoms with Crippen molar-refractivity contribution in [1.29, 1.82) is 0 Å². The standard InChI is InChI=1S/C26H46O7S/c1-6-17-21-13-16(27)9-11-25(21,4)20-10-12-24(3)18(7-8-19(24)22(20)23(17)28)15(2)14-26(5,29)33-34(30,31)32/h15-23,27-29H,6-14H2,1-5H3,(H,30,31,32)/t15-,16-,17-,18-,19?,20?,21+,22?,23?,24-,25-,26+/m1/s1. The maximum absolute atomic E-state index is 11.8. The molecule has 4 saturated carbocycles. The molecule has 0 heterocycles. The van der Waals surface area contributed by atoms with E-state index in [2.05, 4.69) is 25.0 Å². The molecule has 4 N–H and O–H groups in total. The molecule has 0 aromatic heterocycles. The third-order valence-electron chi connectivity index (χ3n) is 11.1. The van der Waals surface area contributed by atoms with E-state index in [0.717, 1.165) is 51.4 Å². The summed E-state index contributed by atoms with van der Waals surface area (Å²) in [4.78, 5) is 0. The fraction of sp³-hybridized carbons (Fsp3) is 1.00. The van der Waals surface area contributed by atoms with Crippen LogP contribution in [0.3, 0.4) is 0 Å². The maximum Gasteiger partial charge on any atom is 0.400 e. The summed E-state index contributed by atoms with van der Waals surface area (Å²) >= 11 is 0. The molecule has 0 aromatic rings. The van der Waals surface area contributed by atoms with E-state index < -0.39 is 16.2 Å². The number of hydrogen-bond donors (Lipinski definition) is 4. The average molecular weight is 503 g/mol. The minimum atomic E-state index is -4.74. The molecule has 0 spiro atoms. The molecule has 0 saturated heterocycles. The number of rotatable bonds is 6. The zero-order valence-corrected chi connectivity index (χ0v) is 22.3. The van der Waals surface area contributed by atoms with Crippen molar-refractivity contribution in [3.05, 3.63) is 0 Å². The molecule has 4 aliphatic rings. The van der Waals surface area contributed by atoms with Crippen molar-refractivity contribution in [3.8, 4) is 0 Å². The highest BCUT2D eigenvalue weighted by molar-refractivity contribution is 7.80. The van der Waals surface area contributed by atoms with Gasteiger partial charge in [-0.2, -0.15) is 8.42 Å². The van der Waals surface area contributed by atoms with E-state index in [0.29, 0.717) is 17.8 Å². The molecular weight excluding hydrogens is 456 g/mol. The van der Waals surface area contributed by atoms with Crippen LogP contribution in [0.25, 0.3) is 0 Å². The largest absolute Gasteiger partial charge is 0.400 e. The molecule has 4 fully saturated rings. The van der Waals surface area contributed by atoms with Gasteiger partial charge in [0, 0.05) is 6.42 Å². The number of aliphatic hydroxyl groups is 3. The monoisotopic (exact) mass is 502 g/mol. The summed E-state index contributed by atoms with van der Waals surface area (Å²) in [5.41, 5.74) is 0.160. The predicted octanol–water partition coefficient (Wildman–Crippen LogP) is 4.17. The lowest BCUT2D eigenvalue weighted by molar-refractivity contribution is -0.205. The molecule has 198 valence electrons. The number of aliphatic hydroxyl groups excluding tert-OH is 2. The summed E-state index contributed by atoms with van der Waals surface area (Å²) in [7, 11) is -4.74. The quantitative estimate of drug-likeness (QED) is 0.317. The Hall–Kier alpha value is -0.250. The molecular formula is C26H46O7S. The van der Waals surface area contributed by atoms with Crippen molar-refractivity contribution in [2.24, 2.45) is 52.3 Å². The van der Waals surface area contributed by atoms with Crippen LogP contribution in [0.1, 0.15) is 92.4 Å². The van der Waals surface area contributed by atoms with Crippen molar-refractivity contribution in [2.45, 2.75) is 110 Å². The molecule has 0 aromatic carbocycles. The van der Waals surface area contributed by atoms with E-state index in [1.165, 1.54) is 6.92 Å². The van der Waals surface area contributed by atoms with Gasteiger partial charge in [-0.25, -0.2) is 4.18 Å². The Kier molecular flexibility index (Phi) is 7.05. The van der Waals surface area contributed by atoms with Crippen LogP contribution in [0.4, 0.5) is 0 Å². The van der Waals surface area contributed by atoms with E-state index in [4.69, 9.17) is 4.55 Å². The van der Waals surface area contributed by atoms with Crippen LogP contribution in [-0.4, -0.2) is 46.3 Å². The average Bonchev–Trinajstić information content (AvgIpc) is 3.04. The molecule has 4 rings (SSSR count). The second kappa shape index (κ2) is 8.95. The Labute approximate surface area is 205 Å². The van der Waals surface area contributed by atoms with E-state index in [-0.39, 0.29) is 53.1 Å². The molecule has 7 nitrogen and oxygen atoms in total. The highest BCUT2D eigenvalue weighted by Crippen LogP contribution is 2.69. The van der Waals surface area contributed by atoms with Gasteiger partial charge in [0.05, 0.1) is 12.2 Å². The van der Waals surface area contributed by atoms with Gasteiger partial charge in [-0.1, -0.05) is 34.1 Å². The maximum atomic E-state index is 11.8. The lowest BCUT2D eigenvalue weighted by atomic mass is 9.41. The van der Waals surface area contributed by atoms with Gasteiger partial charge >= 0.3 is 10.4 Å². The summed E-state index contributed by atoms with van der Waals surface area (Å²) in [5.74, 6) is -0.0118. The molecule has 0 amide bonds. The second-order valence-corrected chi connectivity index (χ2v) is 14.0. The lowest BCUT2D eigenvalue weighted by Crippen LogP contribution is -2.62. The fourth-order valence-electron chi connectivity index (χ4n) is 9.93. The van der Waals surface area contributed by atoms with Gasteiger partial charge in [0.15, 0.2) is 5.79 Å². The Morgan fingerprint density at radius 2 is 1.65 bits per heavy atom. The minimum absolute atomic E-state index is 0.000770. The van der Waals surface area contributed by atoms with Crippen molar-refractivity contribution in [2.75, 3.05) is 0 Å².